The molecule has 1 heterocycles. The van der Waals surface area contributed by atoms with Crippen molar-refractivity contribution in [3.8, 4) is 0 Å². The SMILES string of the molecule is O=C1C[C@H]2COC3(CCCC3)C2=C1c1ccccc1. The van der Waals surface area contributed by atoms with Gasteiger partial charge in [-0.25, -0.2) is 0 Å². The van der Waals surface area contributed by atoms with E-state index in [9.17, 15) is 4.79 Å². The summed E-state index contributed by atoms with van der Waals surface area (Å²) in [6.07, 6.45) is 5.31. The predicted octanol–water partition coefficient (Wildman–Crippen LogP) is 3.37. The van der Waals surface area contributed by atoms with E-state index in [1.807, 2.05) is 18.2 Å². The van der Waals surface area contributed by atoms with Gasteiger partial charge in [0.15, 0.2) is 5.78 Å². The molecule has 19 heavy (non-hydrogen) atoms. The maximum absolute atomic E-state index is 12.4. The summed E-state index contributed by atoms with van der Waals surface area (Å²) in [5.74, 6) is 0.668. The molecule has 2 aliphatic carbocycles. The highest BCUT2D eigenvalue weighted by Crippen LogP contribution is 2.54. The summed E-state index contributed by atoms with van der Waals surface area (Å²) in [5.41, 5.74) is 3.30. The van der Waals surface area contributed by atoms with Crippen LogP contribution in [0.15, 0.2) is 35.9 Å². The lowest BCUT2D eigenvalue weighted by molar-refractivity contribution is -0.114. The molecule has 2 fully saturated rings. The van der Waals surface area contributed by atoms with E-state index >= 15 is 0 Å². The normalized spacial score (nSPS) is 28.4. The maximum Gasteiger partial charge on any atom is 0.164 e. The van der Waals surface area contributed by atoms with E-state index in [1.54, 1.807) is 0 Å². The third-order valence-corrected chi connectivity index (χ3v) is 4.91. The second-order valence-electron chi connectivity index (χ2n) is 5.99. The van der Waals surface area contributed by atoms with Crippen LogP contribution in [0.1, 0.15) is 37.7 Å². The fourth-order valence-corrected chi connectivity index (χ4v) is 4.14. The Morgan fingerprint density at radius 3 is 2.58 bits per heavy atom. The topological polar surface area (TPSA) is 26.3 Å². The maximum atomic E-state index is 12.4. The number of ether oxygens (including phenoxy) is 1. The van der Waals surface area contributed by atoms with E-state index in [0.29, 0.717) is 18.1 Å². The fraction of sp³-hybridized carbons (Fsp3) is 0.471. The summed E-state index contributed by atoms with van der Waals surface area (Å²) in [6, 6.07) is 10.1. The van der Waals surface area contributed by atoms with Crippen molar-refractivity contribution in [2.75, 3.05) is 6.61 Å². The molecule has 4 rings (SSSR count). The average Bonchev–Trinajstić information content (AvgIpc) is 3.10. The van der Waals surface area contributed by atoms with Gasteiger partial charge in [-0.1, -0.05) is 43.2 Å². The molecule has 0 unspecified atom stereocenters. The standard InChI is InChI=1S/C17H18O2/c18-14-10-13-11-19-17(8-4-5-9-17)16(13)15(14)12-6-2-1-3-7-12/h1-3,6-7,13H,4-5,8-11H2/t13-/m0/s1. The molecule has 1 aromatic rings. The van der Waals surface area contributed by atoms with E-state index in [1.165, 1.54) is 18.4 Å². The monoisotopic (exact) mass is 254 g/mol. The molecule has 0 radical (unpaired) electrons. The Morgan fingerprint density at radius 1 is 1.11 bits per heavy atom. The third-order valence-electron chi connectivity index (χ3n) is 4.91. The first kappa shape index (κ1) is 11.4. The van der Waals surface area contributed by atoms with Crippen molar-refractivity contribution in [1.29, 1.82) is 0 Å². The summed E-state index contributed by atoms with van der Waals surface area (Å²) >= 11 is 0. The molecule has 1 atom stereocenters. The summed E-state index contributed by atoms with van der Waals surface area (Å²) in [4.78, 5) is 12.4. The van der Waals surface area contributed by atoms with Crippen LogP contribution in [-0.2, 0) is 9.53 Å². The van der Waals surface area contributed by atoms with Crippen LogP contribution < -0.4 is 0 Å². The van der Waals surface area contributed by atoms with Gasteiger partial charge in [0.05, 0.1) is 12.2 Å². The lowest BCUT2D eigenvalue weighted by Gasteiger charge is -2.25. The highest BCUT2D eigenvalue weighted by Gasteiger charge is 2.52. The van der Waals surface area contributed by atoms with Crippen LogP contribution in [-0.4, -0.2) is 18.0 Å². The summed E-state index contributed by atoms with van der Waals surface area (Å²) in [6.45, 7) is 0.747. The van der Waals surface area contributed by atoms with Gasteiger partial charge in [0.1, 0.15) is 0 Å². The molecule has 1 aliphatic heterocycles. The van der Waals surface area contributed by atoms with Gasteiger partial charge >= 0.3 is 0 Å². The molecule has 0 bridgehead atoms. The number of benzene rings is 1. The number of ketones is 1. The van der Waals surface area contributed by atoms with E-state index in [0.717, 1.165) is 30.6 Å². The van der Waals surface area contributed by atoms with E-state index in [4.69, 9.17) is 4.74 Å². The van der Waals surface area contributed by atoms with Crippen molar-refractivity contribution in [3.63, 3.8) is 0 Å². The molecule has 1 aromatic carbocycles. The number of carbonyl (C=O) groups is 1. The van der Waals surface area contributed by atoms with Crippen molar-refractivity contribution in [2.45, 2.75) is 37.7 Å². The molecule has 0 amide bonds. The van der Waals surface area contributed by atoms with Gasteiger partial charge in [-0.3, -0.25) is 4.79 Å². The minimum Gasteiger partial charge on any atom is -0.370 e. The highest BCUT2D eigenvalue weighted by atomic mass is 16.5. The second-order valence-corrected chi connectivity index (χ2v) is 5.99. The Balaban J connectivity index is 1.90. The Morgan fingerprint density at radius 2 is 1.84 bits per heavy atom. The van der Waals surface area contributed by atoms with Crippen LogP contribution in [0.5, 0.6) is 0 Å². The molecule has 2 heteroatoms. The van der Waals surface area contributed by atoms with Crippen molar-refractivity contribution in [2.24, 2.45) is 5.92 Å². The molecule has 1 saturated carbocycles. The van der Waals surface area contributed by atoms with Crippen LogP contribution in [0.4, 0.5) is 0 Å². The van der Waals surface area contributed by atoms with Crippen LogP contribution in [0, 0.1) is 5.92 Å². The molecule has 98 valence electrons. The van der Waals surface area contributed by atoms with Crippen LogP contribution in [0.3, 0.4) is 0 Å². The summed E-state index contributed by atoms with van der Waals surface area (Å²) in [7, 11) is 0. The molecule has 1 saturated heterocycles. The zero-order chi connectivity index (χ0) is 12.9. The van der Waals surface area contributed by atoms with Crippen molar-refractivity contribution >= 4 is 11.4 Å². The summed E-state index contributed by atoms with van der Waals surface area (Å²) < 4.78 is 6.16. The number of allylic oxidation sites excluding steroid dienone is 1. The van der Waals surface area contributed by atoms with Gasteiger partial charge in [-0.05, 0) is 24.0 Å². The first-order chi connectivity index (χ1) is 9.30. The van der Waals surface area contributed by atoms with Crippen molar-refractivity contribution < 1.29 is 9.53 Å². The number of Topliss-reactive ketones (excluding diaryl/α,β-unsaturated/α-hetero) is 1. The first-order valence-corrected chi connectivity index (χ1v) is 7.27. The Kier molecular flexibility index (Phi) is 2.43. The molecule has 1 spiro atoms. The smallest absolute Gasteiger partial charge is 0.164 e. The summed E-state index contributed by atoms with van der Waals surface area (Å²) in [5, 5.41) is 0. The van der Waals surface area contributed by atoms with Gasteiger partial charge in [-0.15, -0.1) is 0 Å². The number of rotatable bonds is 1. The van der Waals surface area contributed by atoms with Gasteiger partial charge in [0.2, 0.25) is 0 Å². The molecular weight excluding hydrogens is 236 g/mol. The lowest BCUT2D eigenvalue weighted by Crippen LogP contribution is -2.26. The quantitative estimate of drug-likeness (QED) is 0.768. The van der Waals surface area contributed by atoms with E-state index < -0.39 is 0 Å². The highest BCUT2D eigenvalue weighted by molar-refractivity contribution is 6.24. The molecule has 2 nitrogen and oxygen atoms in total. The average molecular weight is 254 g/mol. The Bertz CT molecular complexity index is 550. The Hall–Kier alpha value is -1.41. The number of hydrogen-bond donors (Lipinski definition) is 0. The molecular formula is C17H18O2. The minimum atomic E-state index is -0.0952. The van der Waals surface area contributed by atoms with E-state index in [-0.39, 0.29) is 5.60 Å². The minimum absolute atomic E-state index is 0.0952. The van der Waals surface area contributed by atoms with Gasteiger partial charge in [0.25, 0.3) is 0 Å². The molecule has 0 N–H and O–H groups in total. The largest absolute Gasteiger partial charge is 0.370 e. The zero-order valence-corrected chi connectivity index (χ0v) is 11.0. The number of fused-ring (bicyclic) bond motifs is 2. The van der Waals surface area contributed by atoms with Crippen LogP contribution >= 0.6 is 0 Å². The number of hydrogen-bond acceptors (Lipinski definition) is 2. The third kappa shape index (κ3) is 1.56. The zero-order valence-electron chi connectivity index (χ0n) is 11.0. The molecule has 0 aromatic heterocycles. The van der Waals surface area contributed by atoms with Crippen LogP contribution in [0.25, 0.3) is 5.57 Å². The van der Waals surface area contributed by atoms with Gasteiger partial charge in [-0.2, -0.15) is 0 Å². The van der Waals surface area contributed by atoms with Crippen molar-refractivity contribution in [3.05, 3.63) is 41.5 Å². The van der Waals surface area contributed by atoms with Crippen molar-refractivity contribution in [1.82, 2.24) is 0 Å². The fourth-order valence-electron chi connectivity index (χ4n) is 4.14. The second kappa shape index (κ2) is 4.04. The lowest BCUT2D eigenvalue weighted by atomic mass is 9.85. The van der Waals surface area contributed by atoms with Crippen LogP contribution in [0.2, 0.25) is 0 Å². The Labute approximate surface area is 113 Å². The first-order valence-electron chi connectivity index (χ1n) is 7.27. The number of carbonyl (C=O) groups excluding carboxylic acids is 1. The van der Waals surface area contributed by atoms with E-state index in [2.05, 4.69) is 12.1 Å². The van der Waals surface area contributed by atoms with Gasteiger partial charge < -0.3 is 4.74 Å². The van der Waals surface area contributed by atoms with Gasteiger partial charge in [0, 0.05) is 17.9 Å². The molecule has 3 aliphatic rings. The predicted molar refractivity (Wildman–Crippen MR) is 73.6 cm³/mol.